The number of urea groups is 1. The minimum absolute atomic E-state index is 0.0593. The summed E-state index contributed by atoms with van der Waals surface area (Å²) >= 11 is 0. The molecular weight excluding hydrogens is 280 g/mol. The van der Waals surface area contributed by atoms with Gasteiger partial charge in [-0.25, -0.2) is 4.79 Å². The second-order valence-corrected chi connectivity index (χ2v) is 5.69. The van der Waals surface area contributed by atoms with Gasteiger partial charge in [0.2, 0.25) is 0 Å². The number of methoxy groups -OCH3 is 1. The number of hydrogen-bond donors (Lipinski definition) is 2. The number of carbonyl (C=O) groups is 1. The maximum absolute atomic E-state index is 11.8. The van der Waals surface area contributed by atoms with E-state index in [0.29, 0.717) is 6.54 Å². The molecule has 1 saturated heterocycles. The first-order valence-corrected chi connectivity index (χ1v) is 7.98. The molecule has 1 fully saturated rings. The molecule has 1 heterocycles. The lowest BCUT2D eigenvalue weighted by Crippen LogP contribution is -2.46. The maximum Gasteiger partial charge on any atom is 0.315 e. The Bertz CT molecular complexity index is 455. The molecule has 0 radical (unpaired) electrons. The van der Waals surface area contributed by atoms with Crippen LogP contribution in [0.15, 0.2) is 24.3 Å². The summed E-state index contributed by atoms with van der Waals surface area (Å²) in [6.45, 7) is 3.46. The zero-order chi connectivity index (χ0) is 15.8. The van der Waals surface area contributed by atoms with E-state index in [1.54, 1.807) is 7.11 Å². The van der Waals surface area contributed by atoms with Gasteiger partial charge in [-0.05, 0) is 50.3 Å². The van der Waals surface area contributed by atoms with Gasteiger partial charge in [0, 0.05) is 13.2 Å². The number of nitrogens with one attached hydrogen (secondary N) is 2. The van der Waals surface area contributed by atoms with Gasteiger partial charge < -0.3 is 20.1 Å². The Kier molecular flexibility index (Phi) is 6.52. The maximum atomic E-state index is 11.8. The molecule has 2 atom stereocenters. The molecule has 1 aromatic carbocycles. The van der Waals surface area contributed by atoms with E-state index in [9.17, 15) is 4.79 Å². The number of hydrogen-bond acceptors (Lipinski definition) is 3. The summed E-state index contributed by atoms with van der Waals surface area (Å²) in [7, 11) is 1.66. The average molecular weight is 306 g/mol. The van der Waals surface area contributed by atoms with Crippen LogP contribution in [0.4, 0.5) is 4.79 Å². The highest BCUT2D eigenvalue weighted by Gasteiger charge is 2.23. The van der Waals surface area contributed by atoms with Crippen LogP contribution in [-0.4, -0.2) is 38.4 Å². The van der Waals surface area contributed by atoms with Crippen molar-refractivity contribution in [1.29, 1.82) is 0 Å². The van der Waals surface area contributed by atoms with Gasteiger partial charge in [-0.3, -0.25) is 0 Å². The topological polar surface area (TPSA) is 59.6 Å². The Morgan fingerprint density at radius 1 is 1.41 bits per heavy atom. The van der Waals surface area contributed by atoms with Crippen molar-refractivity contribution < 1.29 is 14.3 Å². The number of aryl methyl sites for hydroxylation is 1. The summed E-state index contributed by atoms with van der Waals surface area (Å²) in [6, 6.07) is 7.97. The van der Waals surface area contributed by atoms with E-state index in [2.05, 4.69) is 22.8 Å². The Labute approximate surface area is 132 Å². The van der Waals surface area contributed by atoms with Gasteiger partial charge in [0.15, 0.2) is 0 Å². The Balaban J connectivity index is 1.60. The summed E-state index contributed by atoms with van der Waals surface area (Å²) in [5.74, 6) is 0.865. The van der Waals surface area contributed by atoms with Crippen molar-refractivity contribution in [3.05, 3.63) is 29.8 Å². The van der Waals surface area contributed by atoms with Crippen molar-refractivity contribution in [2.75, 3.05) is 20.3 Å². The normalized spacial score (nSPS) is 18.7. The SMILES string of the molecule is COc1ccc(CCCNC(=O)N[C@@H](C)[C@H]2CCCO2)cc1. The quantitative estimate of drug-likeness (QED) is 0.761. The van der Waals surface area contributed by atoms with E-state index in [-0.39, 0.29) is 18.2 Å². The first-order chi connectivity index (χ1) is 10.7. The summed E-state index contributed by atoms with van der Waals surface area (Å²) in [4.78, 5) is 11.8. The minimum Gasteiger partial charge on any atom is -0.497 e. The number of carbonyl (C=O) groups excluding carboxylic acids is 1. The van der Waals surface area contributed by atoms with Crippen molar-refractivity contribution in [3.8, 4) is 5.75 Å². The molecule has 5 nitrogen and oxygen atoms in total. The van der Waals surface area contributed by atoms with Crippen molar-refractivity contribution in [2.24, 2.45) is 0 Å². The zero-order valence-electron chi connectivity index (χ0n) is 13.4. The lowest BCUT2D eigenvalue weighted by Gasteiger charge is -2.20. The monoisotopic (exact) mass is 306 g/mol. The van der Waals surface area contributed by atoms with E-state index in [4.69, 9.17) is 9.47 Å². The molecule has 0 spiro atoms. The number of amides is 2. The molecule has 22 heavy (non-hydrogen) atoms. The Morgan fingerprint density at radius 2 is 2.18 bits per heavy atom. The van der Waals surface area contributed by atoms with E-state index in [0.717, 1.165) is 38.0 Å². The highest BCUT2D eigenvalue weighted by Crippen LogP contribution is 2.15. The predicted octanol–water partition coefficient (Wildman–Crippen LogP) is 2.49. The molecule has 1 aliphatic heterocycles. The third-order valence-electron chi connectivity index (χ3n) is 3.97. The van der Waals surface area contributed by atoms with E-state index in [1.165, 1.54) is 5.56 Å². The van der Waals surface area contributed by atoms with Crippen LogP contribution in [0.1, 0.15) is 31.7 Å². The van der Waals surface area contributed by atoms with Crippen molar-refractivity contribution >= 4 is 6.03 Å². The van der Waals surface area contributed by atoms with Crippen LogP contribution in [0.3, 0.4) is 0 Å². The molecule has 1 aromatic rings. The molecular formula is C17H26N2O3. The fourth-order valence-electron chi connectivity index (χ4n) is 2.63. The van der Waals surface area contributed by atoms with Gasteiger partial charge in [0.1, 0.15) is 5.75 Å². The van der Waals surface area contributed by atoms with Crippen LogP contribution in [-0.2, 0) is 11.2 Å². The molecule has 2 amide bonds. The second-order valence-electron chi connectivity index (χ2n) is 5.69. The molecule has 0 aromatic heterocycles. The first kappa shape index (κ1) is 16.6. The van der Waals surface area contributed by atoms with Crippen molar-refractivity contribution in [1.82, 2.24) is 10.6 Å². The molecule has 5 heteroatoms. The average Bonchev–Trinajstić information content (AvgIpc) is 3.06. The van der Waals surface area contributed by atoms with Crippen LogP contribution in [0.2, 0.25) is 0 Å². The zero-order valence-corrected chi connectivity index (χ0v) is 13.4. The molecule has 0 saturated carbocycles. The standard InChI is InChI=1S/C17H26N2O3/c1-13(16-6-4-12-22-16)19-17(20)18-11-3-5-14-7-9-15(21-2)10-8-14/h7-10,13,16H,3-6,11-12H2,1-2H3,(H2,18,19,20)/t13-,16+/m0/s1. The minimum atomic E-state index is -0.113. The van der Waals surface area contributed by atoms with Crippen LogP contribution >= 0.6 is 0 Å². The van der Waals surface area contributed by atoms with Crippen molar-refractivity contribution in [3.63, 3.8) is 0 Å². The lowest BCUT2D eigenvalue weighted by atomic mass is 10.1. The largest absolute Gasteiger partial charge is 0.497 e. The number of benzene rings is 1. The summed E-state index contributed by atoms with van der Waals surface area (Å²) in [5.41, 5.74) is 1.25. The summed E-state index contributed by atoms with van der Waals surface area (Å²) in [5, 5.41) is 5.84. The number of rotatable bonds is 7. The van der Waals surface area contributed by atoms with Crippen molar-refractivity contribution in [2.45, 2.75) is 44.8 Å². The molecule has 0 unspecified atom stereocenters. The summed E-state index contributed by atoms with van der Waals surface area (Å²) < 4.78 is 10.7. The lowest BCUT2D eigenvalue weighted by molar-refractivity contribution is 0.0860. The highest BCUT2D eigenvalue weighted by atomic mass is 16.5. The second kappa shape index (κ2) is 8.63. The molecule has 2 rings (SSSR count). The third kappa shape index (κ3) is 5.22. The fourth-order valence-corrected chi connectivity index (χ4v) is 2.63. The molecule has 0 bridgehead atoms. The fraction of sp³-hybridized carbons (Fsp3) is 0.588. The summed E-state index contributed by atoms with van der Waals surface area (Å²) in [6.07, 6.45) is 4.11. The van der Waals surface area contributed by atoms with E-state index < -0.39 is 0 Å². The van der Waals surface area contributed by atoms with Gasteiger partial charge in [0.05, 0.1) is 19.3 Å². The van der Waals surface area contributed by atoms with E-state index >= 15 is 0 Å². The third-order valence-corrected chi connectivity index (χ3v) is 3.97. The molecule has 2 N–H and O–H groups in total. The smallest absolute Gasteiger partial charge is 0.315 e. The molecule has 0 aliphatic carbocycles. The van der Waals surface area contributed by atoms with Crippen LogP contribution in [0.5, 0.6) is 5.75 Å². The Hall–Kier alpha value is -1.75. The van der Waals surface area contributed by atoms with Gasteiger partial charge in [-0.2, -0.15) is 0 Å². The van der Waals surface area contributed by atoms with Gasteiger partial charge in [-0.1, -0.05) is 12.1 Å². The van der Waals surface area contributed by atoms with Gasteiger partial charge in [-0.15, -0.1) is 0 Å². The number of ether oxygens (including phenoxy) is 2. The highest BCUT2D eigenvalue weighted by molar-refractivity contribution is 5.74. The molecule has 1 aliphatic rings. The first-order valence-electron chi connectivity index (χ1n) is 7.98. The predicted molar refractivity (Wildman–Crippen MR) is 86.3 cm³/mol. The van der Waals surface area contributed by atoms with Crippen LogP contribution in [0, 0.1) is 0 Å². The van der Waals surface area contributed by atoms with Gasteiger partial charge in [0.25, 0.3) is 0 Å². The van der Waals surface area contributed by atoms with Gasteiger partial charge >= 0.3 is 6.03 Å². The van der Waals surface area contributed by atoms with E-state index in [1.807, 2.05) is 19.1 Å². The Morgan fingerprint density at radius 3 is 2.82 bits per heavy atom. The molecule has 122 valence electrons. The van der Waals surface area contributed by atoms with Crippen LogP contribution < -0.4 is 15.4 Å². The van der Waals surface area contributed by atoms with Crippen LogP contribution in [0.25, 0.3) is 0 Å².